The topological polar surface area (TPSA) is 93.3 Å². The standard InChI is InChI=1S/C18H23N5O3/c1-12(19-17(24)14-6-9-26-11-14)18(25)22-7-2-4-13(10-22)16-21-20-15-5-3-8-23(15)16/h6,9,11-13H,2-5,7-8,10H2,1H3,(H,19,24)/t12-,13+/m0/s1. The molecule has 2 aromatic rings. The van der Waals surface area contributed by atoms with Crippen LogP contribution in [0.15, 0.2) is 23.0 Å². The molecular weight excluding hydrogens is 334 g/mol. The lowest BCUT2D eigenvalue weighted by Gasteiger charge is -2.34. The number of piperidine rings is 1. The van der Waals surface area contributed by atoms with Crippen LogP contribution in [0.5, 0.6) is 0 Å². The summed E-state index contributed by atoms with van der Waals surface area (Å²) in [6.07, 6.45) is 6.85. The number of aryl methyl sites for hydroxylation is 1. The van der Waals surface area contributed by atoms with Gasteiger partial charge in [0.2, 0.25) is 5.91 Å². The van der Waals surface area contributed by atoms with Gasteiger partial charge in [-0.3, -0.25) is 9.59 Å². The Balaban J connectivity index is 1.40. The molecule has 1 N–H and O–H groups in total. The first kappa shape index (κ1) is 16.8. The van der Waals surface area contributed by atoms with Gasteiger partial charge in [-0.25, -0.2) is 0 Å². The van der Waals surface area contributed by atoms with Crippen molar-refractivity contribution in [3.05, 3.63) is 35.8 Å². The van der Waals surface area contributed by atoms with Gasteiger partial charge in [-0.1, -0.05) is 0 Å². The van der Waals surface area contributed by atoms with E-state index in [9.17, 15) is 9.59 Å². The molecule has 0 spiro atoms. The normalized spacial score (nSPS) is 20.7. The fourth-order valence-corrected chi connectivity index (χ4v) is 3.87. The first-order valence-electron chi connectivity index (χ1n) is 9.17. The van der Waals surface area contributed by atoms with E-state index in [4.69, 9.17) is 4.42 Å². The van der Waals surface area contributed by atoms with E-state index in [2.05, 4.69) is 20.1 Å². The van der Waals surface area contributed by atoms with Crippen LogP contribution >= 0.6 is 0 Å². The van der Waals surface area contributed by atoms with E-state index in [0.29, 0.717) is 18.7 Å². The minimum absolute atomic E-state index is 0.0623. The average Bonchev–Trinajstić information content (AvgIpc) is 3.38. The lowest BCUT2D eigenvalue weighted by atomic mass is 9.96. The third-order valence-corrected chi connectivity index (χ3v) is 5.24. The van der Waals surface area contributed by atoms with Crippen molar-refractivity contribution in [3.8, 4) is 0 Å². The number of likely N-dealkylation sites (tertiary alicyclic amines) is 1. The van der Waals surface area contributed by atoms with Crippen LogP contribution in [0.25, 0.3) is 0 Å². The Morgan fingerprint density at radius 2 is 2.19 bits per heavy atom. The predicted molar refractivity (Wildman–Crippen MR) is 92.5 cm³/mol. The van der Waals surface area contributed by atoms with Crippen molar-refractivity contribution >= 4 is 11.8 Å². The number of amides is 2. The number of hydrogen-bond donors (Lipinski definition) is 1. The van der Waals surface area contributed by atoms with Gasteiger partial charge >= 0.3 is 0 Å². The molecule has 0 unspecified atom stereocenters. The molecular formula is C18H23N5O3. The number of carbonyl (C=O) groups excluding carboxylic acids is 2. The van der Waals surface area contributed by atoms with Crippen molar-refractivity contribution in [1.82, 2.24) is 25.0 Å². The number of furan rings is 1. The van der Waals surface area contributed by atoms with Crippen molar-refractivity contribution < 1.29 is 14.0 Å². The third kappa shape index (κ3) is 3.11. The lowest BCUT2D eigenvalue weighted by Crippen LogP contribution is -2.49. The molecule has 0 aromatic carbocycles. The summed E-state index contributed by atoms with van der Waals surface area (Å²) in [5, 5.41) is 11.4. The summed E-state index contributed by atoms with van der Waals surface area (Å²) >= 11 is 0. The molecule has 0 aliphatic carbocycles. The summed E-state index contributed by atoms with van der Waals surface area (Å²) in [6, 6.07) is 0.996. The van der Waals surface area contributed by atoms with E-state index in [1.165, 1.54) is 12.5 Å². The van der Waals surface area contributed by atoms with E-state index >= 15 is 0 Å². The first-order valence-corrected chi connectivity index (χ1v) is 9.17. The van der Waals surface area contributed by atoms with E-state index in [0.717, 1.165) is 43.9 Å². The molecule has 2 amide bonds. The summed E-state index contributed by atoms with van der Waals surface area (Å²) in [7, 11) is 0. The van der Waals surface area contributed by atoms with Crippen LogP contribution in [0.2, 0.25) is 0 Å². The molecule has 0 bridgehead atoms. The molecule has 0 radical (unpaired) electrons. The predicted octanol–water partition coefficient (Wildman–Crippen LogP) is 1.34. The van der Waals surface area contributed by atoms with E-state index in [1.54, 1.807) is 13.0 Å². The van der Waals surface area contributed by atoms with Gasteiger partial charge in [-0.05, 0) is 32.3 Å². The molecule has 4 rings (SSSR count). The van der Waals surface area contributed by atoms with Gasteiger partial charge in [0, 0.05) is 32.0 Å². The molecule has 26 heavy (non-hydrogen) atoms. The lowest BCUT2D eigenvalue weighted by molar-refractivity contribution is -0.134. The zero-order valence-corrected chi connectivity index (χ0v) is 14.9. The maximum atomic E-state index is 12.8. The Labute approximate surface area is 151 Å². The number of nitrogens with zero attached hydrogens (tertiary/aromatic N) is 4. The third-order valence-electron chi connectivity index (χ3n) is 5.24. The monoisotopic (exact) mass is 357 g/mol. The summed E-state index contributed by atoms with van der Waals surface area (Å²) in [6.45, 7) is 4.03. The van der Waals surface area contributed by atoms with Crippen molar-refractivity contribution in [3.63, 3.8) is 0 Å². The van der Waals surface area contributed by atoms with Crippen LogP contribution in [-0.2, 0) is 17.8 Å². The van der Waals surface area contributed by atoms with Crippen molar-refractivity contribution in [1.29, 1.82) is 0 Å². The van der Waals surface area contributed by atoms with Gasteiger partial charge in [-0.2, -0.15) is 0 Å². The SMILES string of the molecule is C[C@H](NC(=O)c1ccoc1)C(=O)N1CCC[C@@H](c2nnc3n2CCC3)C1. The molecule has 138 valence electrons. The van der Waals surface area contributed by atoms with E-state index in [1.807, 2.05) is 4.90 Å². The first-order chi connectivity index (χ1) is 12.6. The fourth-order valence-electron chi connectivity index (χ4n) is 3.87. The number of aromatic nitrogens is 3. The zero-order chi connectivity index (χ0) is 18.1. The van der Waals surface area contributed by atoms with Gasteiger partial charge in [0.1, 0.15) is 24.0 Å². The molecule has 2 aliphatic heterocycles. The summed E-state index contributed by atoms with van der Waals surface area (Å²) in [4.78, 5) is 26.8. The highest BCUT2D eigenvalue weighted by atomic mass is 16.3. The summed E-state index contributed by atoms with van der Waals surface area (Å²) < 4.78 is 7.13. The molecule has 4 heterocycles. The molecule has 0 saturated carbocycles. The van der Waals surface area contributed by atoms with E-state index in [-0.39, 0.29) is 17.7 Å². The van der Waals surface area contributed by atoms with Crippen molar-refractivity contribution in [2.24, 2.45) is 0 Å². The second-order valence-electron chi connectivity index (χ2n) is 7.06. The maximum absolute atomic E-state index is 12.8. The molecule has 1 saturated heterocycles. The smallest absolute Gasteiger partial charge is 0.255 e. The zero-order valence-electron chi connectivity index (χ0n) is 14.9. The Hall–Kier alpha value is -2.64. The molecule has 8 nitrogen and oxygen atoms in total. The minimum Gasteiger partial charge on any atom is -0.472 e. The molecule has 2 aliphatic rings. The van der Waals surface area contributed by atoms with Gasteiger partial charge in [0.05, 0.1) is 11.8 Å². The van der Waals surface area contributed by atoms with Crippen LogP contribution < -0.4 is 5.32 Å². The van der Waals surface area contributed by atoms with Gasteiger partial charge in [-0.15, -0.1) is 10.2 Å². The molecule has 2 aromatic heterocycles. The Kier molecular flexibility index (Phi) is 4.48. The molecule has 1 fully saturated rings. The molecule has 2 atom stereocenters. The largest absolute Gasteiger partial charge is 0.472 e. The number of hydrogen-bond acceptors (Lipinski definition) is 5. The highest BCUT2D eigenvalue weighted by Crippen LogP contribution is 2.28. The van der Waals surface area contributed by atoms with Crippen LogP contribution in [0.1, 0.15) is 54.1 Å². The van der Waals surface area contributed by atoms with E-state index < -0.39 is 6.04 Å². The second-order valence-corrected chi connectivity index (χ2v) is 7.06. The minimum atomic E-state index is -0.583. The number of carbonyl (C=O) groups is 2. The highest BCUT2D eigenvalue weighted by Gasteiger charge is 2.32. The van der Waals surface area contributed by atoms with Crippen molar-refractivity contribution in [2.75, 3.05) is 13.1 Å². The summed E-state index contributed by atoms with van der Waals surface area (Å²) in [5.74, 6) is 1.91. The van der Waals surface area contributed by atoms with Gasteiger partial charge < -0.3 is 19.2 Å². The van der Waals surface area contributed by atoms with Gasteiger partial charge in [0.25, 0.3) is 5.91 Å². The molecule has 8 heteroatoms. The fraction of sp³-hybridized carbons (Fsp3) is 0.556. The van der Waals surface area contributed by atoms with Crippen LogP contribution in [0, 0.1) is 0 Å². The van der Waals surface area contributed by atoms with Gasteiger partial charge in [0.15, 0.2) is 0 Å². The second kappa shape index (κ2) is 6.93. The maximum Gasteiger partial charge on any atom is 0.255 e. The summed E-state index contributed by atoms with van der Waals surface area (Å²) in [5.41, 5.74) is 0.417. The quantitative estimate of drug-likeness (QED) is 0.891. The average molecular weight is 357 g/mol. The number of nitrogens with one attached hydrogen (secondary N) is 1. The van der Waals surface area contributed by atoms with Crippen LogP contribution in [-0.4, -0.2) is 50.6 Å². The van der Waals surface area contributed by atoms with Crippen LogP contribution in [0.4, 0.5) is 0 Å². The van der Waals surface area contributed by atoms with Crippen molar-refractivity contribution in [2.45, 2.75) is 51.1 Å². The number of fused-ring (bicyclic) bond motifs is 1. The Bertz CT molecular complexity index is 798. The highest BCUT2D eigenvalue weighted by molar-refractivity contribution is 5.97. The van der Waals surface area contributed by atoms with Crippen LogP contribution in [0.3, 0.4) is 0 Å². The number of rotatable bonds is 4. The Morgan fingerprint density at radius 1 is 1.31 bits per heavy atom. The Morgan fingerprint density at radius 3 is 3.00 bits per heavy atom.